The zero-order valence-electron chi connectivity index (χ0n) is 16.0. The molecule has 2 heterocycles. The van der Waals surface area contributed by atoms with Gasteiger partial charge in [-0.1, -0.05) is 12.1 Å². The zero-order valence-corrected chi connectivity index (χ0v) is 16.0. The molecule has 1 amide bonds. The van der Waals surface area contributed by atoms with Crippen molar-refractivity contribution in [3.63, 3.8) is 0 Å². The maximum Gasteiger partial charge on any atom is 0.223 e. The van der Waals surface area contributed by atoms with Gasteiger partial charge in [0.05, 0.1) is 20.3 Å². The summed E-state index contributed by atoms with van der Waals surface area (Å²) in [5.74, 6) is 1.99. The second-order valence-corrected chi connectivity index (χ2v) is 7.19. The van der Waals surface area contributed by atoms with E-state index in [9.17, 15) is 4.79 Å². The number of hydrogen-bond acceptors (Lipinski definition) is 4. The standard InChI is InChI=1S/C22H26N2O3/c1-26-17-7-5-16(6-8-17)15-23-13-11-21(24-12-3-4-22(24)25)19-14-18(27-2)9-10-20(19)23/h5-10,14,21H,3-4,11-13,15H2,1-2H3. The number of anilines is 1. The van der Waals surface area contributed by atoms with E-state index in [2.05, 4.69) is 34.1 Å². The molecule has 0 saturated carbocycles. The largest absolute Gasteiger partial charge is 0.497 e. The summed E-state index contributed by atoms with van der Waals surface area (Å²) in [7, 11) is 3.37. The van der Waals surface area contributed by atoms with Crippen LogP contribution in [0.3, 0.4) is 0 Å². The third-order valence-corrected chi connectivity index (χ3v) is 5.63. The van der Waals surface area contributed by atoms with Crippen molar-refractivity contribution in [3.05, 3.63) is 53.6 Å². The SMILES string of the molecule is COc1ccc(CN2CCC(N3CCCC3=O)c3cc(OC)ccc32)cc1. The average molecular weight is 366 g/mol. The van der Waals surface area contributed by atoms with Gasteiger partial charge < -0.3 is 19.3 Å². The predicted octanol–water partition coefficient (Wildman–Crippen LogP) is 3.78. The number of carbonyl (C=O) groups is 1. The first-order valence-electron chi connectivity index (χ1n) is 9.55. The lowest BCUT2D eigenvalue weighted by Crippen LogP contribution is -2.38. The Hall–Kier alpha value is -2.69. The number of likely N-dealkylation sites (tertiary alicyclic amines) is 1. The van der Waals surface area contributed by atoms with Crippen molar-refractivity contribution in [1.82, 2.24) is 4.90 Å². The molecule has 0 bridgehead atoms. The molecule has 4 rings (SSSR count). The van der Waals surface area contributed by atoms with Crippen molar-refractivity contribution < 1.29 is 14.3 Å². The van der Waals surface area contributed by atoms with E-state index in [1.165, 1.54) is 16.8 Å². The molecule has 0 radical (unpaired) electrons. The summed E-state index contributed by atoms with van der Waals surface area (Å²) in [6, 6.07) is 14.6. The van der Waals surface area contributed by atoms with Crippen molar-refractivity contribution in [1.29, 1.82) is 0 Å². The molecule has 1 saturated heterocycles. The molecule has 2 aliphatic rings. The van der Waals surface area contributed by atoms with Crippen LogP contribution >= 0.6 is 0 Å². The summed E-state index contributed by atoms with van der Waals surface area (Å²) in [6.07, 6.45) is 2.58. The summed E-state index contributed by atoms with van der Waals surface area (Å²) < 4.78 is 10.7. The Morgan fingerprint density at radius 3 is 2.41 bits per heavy atom. The van der Waals surface area contributed by atoms with Crippen LogP contribution in [0.2, 0.25) is 0 Å². The van der Waals surface area contributed by atoms with Gasteiger partial charge in [0.15, 0.2) is 0 Å². The molecule has 2 aromatic rings. The number of fused-ring (bicyclic) bond motifs is 1. The minimum absolute atomic E-state index is 0.150. The fourth-order valence-corrected chi connectivity index (χ4v) is 4.21. The molecule has 142 valence electrons. The fraction of sp³-hybridized carbons (Fsp3) is 0.409. The molecule has 2 aromatic carbocycles. The van der Waals surface area contributed by atoms with Gasteiger partial charge in [-0.15, -0.1) is 0 Å². The molecule has 1 fully saturated rings. The first-order chi connectivity index (χ1) is 13.2. The van der Waals surface area contributed by atoms with Gasteiger partial charge in [-0.3, -0.25) is 4.79 Å². The summed E-state index contributed by atoms with van der Waals surface area (Å²) in [4.78, 5) is 16.8. The lowest BCUT2D eigenvalue weighted by molar-refractivity contribution is -0.130. The molecule has 5 nitrogen and oxygen atoms in total. The van der Waals surface area contributed by atoms with E-state index in [4.69, 9.17) is 9.47 Å². The molecular formula is C22H26N2O3. The molecule has 27 heavy (non-hydrogen) atoms. The van der Waals surface area contributed by atoms with Crippen molar-refractivity contribution in [2.45, 2.75) is 31.8 Å². The first-order valence-corrected chi connectivity index (χ1v) is 9.55. The van der Waals surface area contributed by atoms with Crippen LogP contribution in [0.4, 0.5) is 5.69 Å². The highest BCUT2D eigenvalue weighted by molar-refractivity contribution is 5.79. The van der Waals surface area contributed by atoms with Crippen molar-refractivity contribution in [2.75, 3.05) is 32.2 Å². The molecule has 5 heteroatoms. The van der Waals surface area contributed by atoms with Gasteiger partial charge >= 0.3 is 0 Å². The molecule has 0 spiro atoms. The fourth-order valence-electron chi connectivity index (χ4n) is 4.21. The van der Waals surface area contributed by atoms with Gasteiger partial charge in [-0.2, -0.15) is 0 Å². The van der Waals surface area contributed by atoms with Crippen LogP contribution in [0.5, 0.6) is 11.5 Å². The molecule has 0 aromatic heterocycles. The van der Waals surface area contributed by atoms with E-state index in [-0.39, 0.29) is 11.9 Å². The Labute approximate surface area is 160 Å². The highest BCUT2D eigenvalue weighted by Gasteiger charge is 2.34. The van der Waals surface area contributed by atoms with E-state index in [1.807, 2.05) is 18.2 Å². The third kappa shape index (κ3) is 3.46. The second kappa shape index (κ2) is 7.51. The van der Waals surface area contributed by atoms with Crippen LogP contribution in [-0.4, -0.2) is 38.1 Å². The normalized spacial score (nSPS) is 19.2. The van der Waals surface area contributed by atoms with Crippen LogP contribution in [0.1, 0.15) is 36.4 Å². The summed E-state index contributed by atoms with van der Waals surface area (Å²) in [5.41, 5.74) is 3.64. The number of amides is 1. The predicted molar refractivity (Wildman–Crippen MR) is 105 cm³/mol. The molecule has 1 unspecified atom stereocenters. The molecule has 0 aliphatic carbocycles. The number of rotatable bonds is 5. The Kier molecular flexibility index (Phi) is 4.92. The van der Waals surface area contributed by atoms with Crippen LogP contribution in [-0.2, 0) is 11.3 Å². The Balaban J connectivity index is 1.63. The number of hydrogen-bond donors (Lipinski definition) is 0. The van der Waals surface area contributed by atoms with Gasteiger partial charge in [-0.05, 0) is 48.7 Å². The Morgan fingerprint density at radius 1 is 1.00 bits per heavy atom. The van der Waals surface area contributed by atoms with Crippen LogP contribution < -0.4 is 14.4 Å². The van der Waals surface area contributed by atoms with E-state index < -0.39 is 0 Å². The van der Waals surface area contributed by atoms with E-state index >= 15 is 0 Å². The number of carbonyl (C=O) groups excluding carboxylic acids is 1. The molecular weight excluding hydrogens is 340 g/mol. The summed E-state index contributed by atoms with van der Waals surface area (Å²) in [5, 5.41) is 0. The summed E-state index contributed by atoms with van der Waals surface area (Å²) in [6.45, 7) is 2.63. The van der Waals surface area contributed by atoms with Crippen molar-refractivity contribution in [3.8, 4) is 11.5 Å². The average Bonchev–Trinajstić information content (AvgIpc) is 3.14. The van der Waals surface area contributed by atoms with E-state index in [0.29, 0.717) is 6.42 Å². The van der Waals surface area contributed by atoms with Crippen LogP contribution in [0, 0.1) is 0 Å². The lowest BCUT2D eigenvalue weighted by atomic mass is 9.94. The Bertz CT molecular complexity index is 819. The second-order valence-electron chi connectivity index (χ2n) is 7.19. The molecule has 0 N–H and O–H groups in total. The van der Waals surface area contributed by atoms with Gasteiger partial charge in [0.1, 0.15) is 11.5 Å². The highest BCUT2D eigenvalue weighted by atomic mass is 16.5. The van der Waals surface area contributed by atoms with Gasteiger partial charge in [-0.25, -0.2) is 0 Å². The maximum atomic E-state index is 12.3. The van der Waals surface area contributed by atoms with Crippen LogP contribution in [0.15, 0.2) is 42.5 Å². The quantitative estimate of drug-likeness (QED) is 0.808. The number of methoxy groups -OCH3 is 2. The smallest absolute Gasteiger partial charge is 0.223 e. The van der Waals surface area contributed by atoms with Crippen molar-refractivity contribution >= 4 is 11.6 Å². The number of benzene rings is 2. The van der Waals surface area contributed by atoms with Gasteiger partial charge in [0.25, 0.3) is 0 Å². The van der Waals surface area contributed by atoms with Crippen molar-refractivity contribution in [2.24, 2.45) is 0 Å². The van der Waals surface area contributed by atoms with Gasteiger partial charge in [0.2, 0.25) is 5.91 Å². The van der Waals surface area contributed by atoms with E-state index in [0.717, 1.165) is 44.0 Å². The first kappa shape index (κ1) is 17.7. The topological polar surface area (TPSA) is 42.0 Å². The lowest BCUT2D eigenvalue weighted by Gasteiger charge is -2.39. The van der Waals surface area contributed by atoms with Crippen LogP contribution in [0.25, 0.3) is 0 Å². The van der Waals surface area contributed by atoms with Gasteiger partial charge in [0, 0.05) is 37.3 Å². The minimum Gasteiger partial charge on any atom is -0.497 e. The third-order valence-electron chi connectivity index (χ3n) is 5.63. The zero-order chi connectivity index (χ0) is 18.8. The van der Waals surface area contributed by atoms with E-state index in [1.54, 1.807) is 14.2 Å². The monoisotopic (exact) mass is 366 g/mol. The highest BCUT2D eigenvalue weighted by Crippen LogP contribution is 2.41. The Morgan fingerprint density at radius 2 is 1.74 bits per heavy atom. The number of nitrogens with zero attached hydrogens (tertiary/aromatic N) is 2. The molecule has 2 aliphatic heterocycles. The minimum atomic E-state index is 0.150. The number of ether oxygens (including phenoxy) is 2. The molecule has 1 atom stereocenters. The summed E-state index contributed by atoms with van der Waals surface area (Å²) >= 11 is 0. The maximum absolute atomic E-state index is 12.3.